The molecule has 5 rings (SSSR count). The standard InChI is InChI=1S/C32H28N4O5/c37-29(33-26-14-12-24(13-15-26)31(39)40)21-36(18-17-22-7-3-1-4-8-22)30(38)20-23-11-16-27-28(19-23)41-32(35-27)34-25-9-5-2-6-10-25/h1-16,19H,17-18,20-21H2,(H,33,37)(H,34,35)(H,39,40). The number of oxazole rings is 1. The fraction of sp³-hybridized carbons (Fsp3) is 0.125. The number of para-hydroxylation sites is 1. The Morgan fingerprint density at radius 1 is 0.805 bits per heavy atom. The fourth-order valence-electron chi connectivity index (χ4n) is 4.33. The number of benzene rings is 4. The van der Waals surface area contributed by atoms with Crippen molar-refractivity contribution < 1.29 is 23.9 Å². The van der Waals surface area contributed by atoms with E-state index in [4.69, 9.17) is 9.52 Å². The van der Waals surface area contributed by atoms with E-state index in [1.54, 1.807) is 12.1 Å². The smallest absolute Gasteiger partial charge is 0.335 e. The zero-order valence-corrected chi connectivity index (χ0v) is 22.1. The number of nitrogens with zero attached hydrogens (tertiary/aromatic N) is 2. The molecule has 0 saturated carbocycles. The molecular weight excluding hydrogens is 520 g/mol. The van der Waals surface area contributed by atoms with Gasteiger partial charge in [-0.25, -0.2) is 4.79 Å². The Hall–Kier alpha value is -5.44. The summed E-state index contributed by atoms with van der Waals surface area (Å²) in [7, 11) is 0. The molecule has 2 amide bonds. The van der Waals surface area contributed by atoms with Crippen molar-refractivity contribution in [3.63, 3.8) is 0 Å². The van der Waals surface area contributed by atoms with Crippen LogP contribution in [0.25, 0.3) is 11.1 Å². The summed E-state index contributed by atoms with van der Waals surface area (Å²) in [6.45, 7) is 0.200. The van der Waals surface area contributed by atoms with Gasteiger partial charge in [-0.05, 0) is 66.1 Å². The van der Waals surface area contributed by atoms with E-state index in [9.17, 15) is 14.4 Å². The summed E-state index contributed by atoms with van der Waals surface area (Å²) >= 11 is 0. The maximum Gasteiger partial charge on any atom is 0.335 e. The maximum atomic E-state index is 13.4. The van der Waals surface area contributed by atoms with E-state index in [0.29, 0.717) is 35.8 Å². The first-order chi connectivity index (χ1) is 19.9. The summed E-state index contributed by atoms with van der Waals surface area (Å²) < 4.78 is 5.87. The summed E-state index contributed by atoms with van der Waals surface area (Å²) in [6, 6.07) is 30.9. The van der Waals surface area contributed by atoms with Gasteiger partial charge >= 0.3 is 5.97 Å². The highest BCUT2D eigenvalue weighted by Crippen LogP contribution is 2.23. The van der Waals surface area contributed by atoms with Crippen molar-refractivity contribution in [2.24, 2.45) is 0 Å². The van der Waals surface area contributed by atoms with Gasteiger partial charge in [-0.3, -0.25) is 9.59 Å². The van der Waals surface area contributed by atoms with E-state index in [-0.39, 0.29) is 30.3 Å². The lowest BCUT2D eigenvalue weighted by Crippen LogP contribution is -2.40. The van der Waals surface area contributed by atoms with Crippen molar-refractivity contribution in [3.05, 3.63) is 120 Å². The van der Waals surface area contributed by atoms with Gasteiger partial charge in [0.05, 0.1) is 18.5 Å². The van der Waals surface area contributed by atoms with E-state index in [2.05, 4.69) is 15.6 Å². The number of anilines is 3. The first-order valence-electron chi connectivity index (χ1n) is 13.1. The van der Waals surface area contributed by atoms with Crippen molar-refractivity contribution >= 4 is 46.3 Å². The van der Waals surface area contributed by atoms with E-state index in [1.807, 2.05) is 66.7 Å². The predicted molar refractivity (Wildman–Crippen MR) is 156 cm³/mol. The molecule has 0 bridgehead atoms. The average molecular weight is 549 g/mol. The number of hydrogen-bond acceptors (Lipinski definition) is 6. The number of rotatable bonds is 11. The summed E-state index contributed by atoms with van der Waals surface area (Å²) in [4.78, 5) is 43.4. The normalized spacial score (nSPS) is 10.7. The maximum absolute atomic E-state index is 13.4. The number of hydrogen-bond donors (Lipinski definition) is 3. The monoisotopic (exact) mass is 548 g/mol. The van der Waals surface area contributed by atoms with E-state index >= 15 is 0 Å². The number of carboxylic acids is 1. The van der Waals surface area contributed by atoms with Crippen molar-refractivity contribution in [1.82, 2.24) is 9.88 Å². The molecule has 3 N–H and O–H groups in total. The molecule has 9 heteroatoms. The second kappa shape index (κ2) is 12.6. The molecule has 4 aromatic carbocycles. The molecule has 0 unspecified atom stereocenters. The lowest BCUT2D eigenvalue weighted by Gasteiger charge is -2.22. The first kappa shape index (κ1) is 27.1. The van der Waals surface area contributed by atoms with Gasteiger partial charge in [-0.15, -0.1) is 0 Å². The Morgan fingerprint density at radius 3 is 2.22 bits per heavy atom. The van der Waals surface area contributed by atoms with Crippen LogP contribution >= 0.6 is 0 Å². The van der Waals surface area contributed by atoms with Crippen LogP contribution in [0.15, 0.2) is 108 Å². The van der Waals surface area contributed by atoms with Crippen LogP contribution in [-0.4, -0.2) is 45.9 Å². The molecule has 0 aliphatic heterocycles. The number of nitrogens with one attached hydrogen (secondary N) is 2. The molecule has 41 heavy (non-hydrogen) atoms. The molecule has 0 fully saturated rings. The van der Waals surface area contributed by atoms with Crippen LogP contribution in [0.1, 0.15) is 21.5 Å². The molecule has 0 radical (unpaired) electrons. The Kier molecular flexibility index (Phi) is 8.35. The van der Waals surface area contributed by atoms with Gasteiger partial charge in [0.1, 0.15) is 5.52 Å². The van der Waals surface area contributed by atoms with Gasteiger partial charge in [0.2, 0.25) is 11.8 Å². The number of aromatic carboxylic acids is 1. The average Bonchev–Trinajstić information content (AvgIpc) is 3.38. The van der Waals surface area contributed by atoms with Crippen molar-refractivity contribution in [1.29, 1.82) is 0 Å². The SMILES string of the molecule is O=C(CN(CCc1ccccc1)C(=O)Cc1ccc2nc(Nc3ccccc3)oc2c1)Nc1ccc(C(=O)O)cc1. The van der Waals surface area contributed by atoms with Gasteiger partial charge in [0.25, 0.3) is 6.01 Å². The molecule has 206 valence electrons. The Balaban J connectivity index is 1.27. The number of fused-ring (bicyclic) bond motifs is 1. The van der Waals surface area contributed by atoms with Crippen LogP contribution in [0.3, 0.4) is 0 Å². The quantitative estimate of drug-likeness (QED) is 0.198. The van der Waals surface area contributed by atoms with Crippen LogP contribution in [0.4, 0.5) is 17.4 Å². The van der Waals surface area contributed by atoms with E-state index in [0.717, 1.165) is 16.8 Å². The molecule has 0 saturated heterocycles. The Labute approximate surface area is 236 Å². The predicted octanol–water partition coefficient (Wildman–Crippen LogP) is 5.52. The Morgan fingerprint density at radius 2 is 1.51 bits per heavy atom. The van der Waals surface area contributed by atoms with Crippen LogP contribution in [-0.2, 0) is 22.4 Å². The van der Waals surface area contributed by atoms with Crippen molar-refractivity contribution in [2.75, 3.05) is 23.7 Å². The van der Waals surface area contributed by atoms with Crippen LogP contribution < -0.4 is 10.6 Å². The third-order valence-electron chi connectivity index (χ3n) is 6.45. The number of amides is 2. The first-order valence-corrected chi connectivity index (χ1v) is 13.1. The molecule has 0 spiro atoms. The molecule has 0 aliphatic rings. The second-order valence-electron chi connectivity index (χ2n) is 9.47. The van der Waals surface area contributed by atoms with Crippen LogP contribution in [0.2, 0.25) is 0 Å². The van der Waals surface area contributed by atoms with Gasteiger partial charge < -0.3 is 25.1 Å². The lowest BCUT2D eigenvalue weighted by atomic mass is 10.1. The zero-order chi connectivity index (χ0) is 28.6. The number of carbonyl (C=O) groups excluding carboxylic acids is 2. The highest BCUT2D eigenvalue weighted by atomic mass is 16.4. The lowest BCUT2D eigenvalue weighted by molar-refractivity contribution is -0.134. The second-order valence-corrected chi connectivity index (χ2v) is 9.47. The molecule has 9 nitrogen and oxygen atoms in total. The summed E-state index contributed by atoms with van der Waals surface area (Å²) in [5, 5.41) is 15.0. The van der Waals surface area contributed by atoms with E-state index in [1.165, 1.54) is 29.2 Å². The third kappa shape index (κ3) is 7.36. The minimum atomic E-state index is -1.05. The minimum Gasteiger partial charge on any atom is -0.478 e. The topological polar surface area (TPSA) is 125 Å². The summed E-state index contributed by atoms with van der Waals surface area (Å²) in [5.41, 5.74) is 4.41. The minimum absolute atomic E-state index is 0.0769. The van der Waals surface area contributed by atoms with E-state index < -0.39 is 5.97 Å². The van der Waals surface area contributed by atoms with Gasteiger partial charge in [-0.1, -0.05) is 54.6 Å². The van der Waals surface area contributed by atoms with Gasteiger partial charge in [0.15, 0.2) is 5.58 Å². The number of carboxylic acid groups (broad SMARTS) is 1. The van der Waals surface area contributed by atoms with Gasteiger partial charge in [0, 0.05) is 17.9 Å². The van der Waals surface area contributed by atoms with Crippen LogP contribution in [0.5, 0.6) is 0 Å². The van der Waals surface area contributed by atoms with Crippen molar-refractivity contribution in [3.8, 4) is 0 Å². The van der Waals surface area contributed by atoms with Crippen molar-refractivity contribution in [2.45, 2.75) is 12.8 Å². The molecule has 5 aromatic rings. The highest BCUT2D eigenvalue weighted by Gasteiger charge is 2.19. The Bertz CT molecular complexity index is 1650. The van der Waals surface area contributed by atoms with Crippen LogP contribution in [0, 0.1) is 0 Å². The highest BCUT2D eigenvalue weighted by molar-refractivity contribution is 5.95. The number of aromatic nitrogens is 1. The third-order valence-corrected chi connectivity index (χ3v) is 6.45. The molecule has 1 heterocycles. The summed E-state index contributed by atoms with van der Waals surface area (Å²) in [6.07, 6.45) is 0.663. The molecule has 0 aliphatic carbocycles. The number of carbonyl (C=O) groups is 3. The summed E-state index contributed by atoms with van der Waals surface area (Å²) in [5.74, 6) is -1.64. The largest absolute Gasteiger partial charge is 0.478 e. The zero-order valence-electron chi connectivity index (χ0n) is 22.1. The molecular formula is C32H28N4O5. The molecule has 1 aromatic heterocycles. The van der Waals surface area contributed by atoms with Gasteiger partial charge in [-0.2, -0.15) is 4.98 Å². The fourth-order valence-corrected chi connectivity index (χ4v) is 4.33. The molecule has 0 atom stereocenters.